The minimum absolute atomic E-state index is 0.0475. The molecule has 2 heterocycles. The Kier molecular flexibility index (Phi) is 5.88. The Balaban J connectivity index is 1.39. The summed E-state index contributed by atoms with van der Waals surface area (Å²) in [6.45, 7) is 2.92. The summed E-state index contributed by atoms with van der Waals surface area (Å²) in [5, 5.41) is 2.94. The molecule has 2 atom stereocenters. The van der Waals surface area contributed by atoms with Crippen LogP contribution < -0.4 is 10.1 Å². The van der Waals surface area contributed by atoms with Crippen molar-refractivity contribution in [1.29, 1.82) is 0 Å². The van der Waals surface area contributed by atoms with E-state index in [1.54, 1.807) is 12.1 Å². The van der Waals surface area contributed by atoms with Gasteiger partial charge in [-0.3, -0.25) is 4.79 Å². The Morgan fingerprint density at radius 1 is 1.09 bits per heavy atom. The van der Waals surface area contributed by atoms with Crippen LogP contribution in [0.15, 0.2) is 24.3 Å². The lowest BCUT2D eigenvalue weighted by atomic mass is 10.1. The minimum atomic E-state index is -0.0475. The summed E-state index contributed by atoms with van der Waals surface area (Å²) >= 11 is 0. The first-order chi connectivity index (χ1) is 11.3. The topological polar surface area (TPSA) is 56.8 Å². The summed E-state index contributed by atoms with van der Waals surface area (Å²) in [4.78, 5) is 12.1. The lowest BCUT2D eigenvalue weighted by molar-refractivity contribution is 0.0679. The third-order valence-corrected chi connectivity index (χ3v) is 4.35. The molecule has 0 aromatic heterocycles. The third kappa shape index (κ3) is 4.94. The molecule has 1 N–H and O–H groups in total. The molecule has 2 saturated heterocycles. The van der Waals surface area contributed by atoms with E-state index in [0.717, 1.165) is 51.1 Å². The van der Waals surface area contributed by atoms with Crippen LogP contribution in [0, 0.1) is 0 Å². The van der Waals surface area contributed by atoms with Crippen molar-refractivity contribution in [2.75, 3.05) is 26.4 Å². The number of benzene rings is 1. The molecule has 0 saturated carbocycles. The lowest BCUT2D eigenvalue weighted by Gasteiger charge is -2.12. The monoisotopic (exact) mass is 319 g/mol. The van der Waals surface area contributed by atoms with Gasteiger partial charge in [0.05, 0.1) is 12.2 Å². The SMILES string of the molecule is O=C(NCCC1CCCO1)c1ccc(OCC2CCCO2)cc1. The van der Waals surface area contributed by atoms with Gasteiger partial charge >= 0.3 is 0 Å². The Morgan fingerprint density at radius 3 is 2.43 bits per heavy atom. The predicted octanol–water partition coefficient (Wildman–Crippen LogP) is 2.54. The molecule has 5 heteroatoms. The van der Waals surface area contributed by atoms with Crippen LogP contribution in [0.2, 0.25) is 0 Å². The van der Waals surface area contributed by atoms with E-state index >= 15 is 0 Å². The van der Waals surface area contributed by atoms with E-state index in [0.29, 0.717) is 24.8 Å². The molecule has 0 bridgehead atoms. The normalized spacial score (nSPS) is 23.8. The fourth-order valence-corrected chi connectivity index (χ4v) is 2.99. The molecule has 1 aromatic carbocycles. The van der Waals surface area contributed by atoms with E-state index in [1.807, 2.05) is 12.1 Å². The van der Waals surface area contributed by atoms with Crippen LogP contribution >= 0.6 is 0 Å². The number of hydrogen-bond acceptors (Lipinski definition) is 4. The highest BCUT2D eigenvalue weighted by molar-refractivity contribution is 5.94. The number of hydrogen-bond donors (Lipinski definition) is 1. The van der Waals surface area contributed by atoms with E-state index in [-0.39, 0.29) is 12.0 Å². The van der Waals surface area contributed by atoms with Crippen LogP contribution in [-0.4, -0.2) is 44.5 Å². The van der Waals surface area contributed by atoms with Crippen molar-refractivity contribution >= 4 is 5.91 Å². The Bertz CT molecular complexity index is 490. The van der Waals surface area contributed by atoms with Gasteiger partial charge < -0.3 is 19.5 Å². The van der Waals surface area contributed by atoms with E-state index in [2.05, 4.69) is 5.32 Å². The quantitative estimate of drug-likeness (QED) is 0.839. The molecule has 3 rings (SSSR count). The van der Waals surface area contributed by atoms with Crippen molar-refractivity contribution in [3.05, 3.63) is 29.8 Å². The molecule has 0 spiro atoms. The molecule has 1 aromatic rings. The van der Waals surface area contributed by atoms with Crippen LogP contribution in [0.3, 0.4) is 0 Å². The van der Waals surface area contributed by atoms with Gasteiger partial charge in [0.2, 0.25) is 0 Å². The van der Waals surface area contributed by atoms with Crippen LogP contribution in [0.1, 0.15) is 42.5 Å². The zero-order valence-corrected chi connectivity index (χ0v) is 13.5. The first-order valence-electron chi connectivity index (χ1n) is 8.55. The number of carbonyl (C=O) groups excluding carboxylic acids is 1. The highest BCUT2D eigenvalue weighted by Gasteiger charge is 2.17. The minimum Gasteiger partial charge on any atom is -0.491 e. The van der Waals surface area contributed by atoms with Gasteiger partial charge in [-0.15, -0.1) is 0 Å². The second-order valence-electron chi connectivity index (χ2n) is 6.15. The second-order valence-corrected chi connectivity index (χ2v) is 6.15. The average Bonchev–Trinajstić information content (AvgIpc) is 3.27. The van der Waals surface area contributed by atoms with Gasteiger partial charge in [0.15, 0.2) is 0 Å². The van der Waals surface area contributed by atoms with Gasteiger partial charge in [-0.1, -0.05) is 0 Å². The molecule has 2 fully saturated rings. The molecule has 2 aliphatic rings. The van der Waals surface area contributed by atoms with Gasteiger partial charge in [-0.05, 0) is 56.4 Å². The summed E-state index contributed by atoms with van der Waals surface area (Å²) in [6.07, 6.45) is 5.80. The molecular weight excluding hydrogens is 294 g/mol. The molecule has 5 nitrogen and oxygen atoms in total. The molecule has 0 radical (unpaired) electrons. The van der Waals surface area contributed by atoms with Crippen molar-refractivity contribution in [2.24, 2.45) is 0 Å². The zero-order chi connectivity index (χ0) is 15.9. The Labute approximate surface area is 137 Å². The van der Waals surface area contributed by atoms with Crippen molar-refractivity contribution in [2.45, 2.75) is 44.3 Å². The first-order valence-corrected chi connectivity index (χ1v) is 8.55. The van der Waals surface area contributed by atoms with Crippen molar-refractivity contribution < 1.29 is 19.0 Å². The number of ether oxygens (including phenoxy) is 3. The average molecular weight is 319 g/mol. The number of rotatable bonds is 7. The largest absolute Gasteiger partial charge is 0.491 e. The van der Waals surface area contributed by atoms with Crippen molar-refractivity contribution in [3.63, 3.8) is 0 Å². The maximum atomic E-state index is 12.1. The van der Waals surface area contributed by atoms with E-state index in [4.69, 9.17) is 14.2 Å². The number of amides is 1. The predicted molar refractivity (Wildman–Crippen MR) is 86.8 cm³/mol. The Hall–Kier alpha value is -1.59. The van der Waals surface area contributed by atoms with Crippen LogP contribution in [0.4, 0.5) is 0 Å². The molecule has 0 aliphatic carbocycles. The summed E-state index contributed by atoms with van der Waals surface area (Å²) in [5.41, 5.74) is 0.654. The second kappa shape index (κ2) is 8.31. The van der Waals surface area contributed by atoms with Gasteiger partial charge in [0, 0.05) is 25.3 Å². The number of carbonyl (C=O) groups is 1. The summed E-state index contributed by atoms with van der Waals surface area (Å²) in [7, 11) is 0. The van der Waals surface area contributed by atoms with E-state index < -0.39 is 0 Å². The van der Waals surface area contributed by atoms with Gasteiger partial charge in [-0.25, -0.2) is 0 Å². The summed E-state index contributed by atoms with van der Waals surface area (Å²) in [6, 6.07) is 7.27. The van der Waals surface area contributed by atoms with Gasteiger partial charge in [-0.2, -0.15) is 0 Å². The maximum absolute atomic E-state index is 12.1. The molecule has 2 aliphatic heterocycles. The summed E-state index contributed by atoms with van der Waals surface area (Å²) < 4.78 is 16.8. The molecular formula is C18H25NO4. The fourth-order valence-electron chi connectivity index (χ4n) is 2.99. The smallest absolute Gasteiger partial charge is 0.251 e. The Morgan fingerprint density at radius 2 is 1.78 bits per heavy atom. The van der Waals surface area contributed by atoms with E-state index in [1.165, 1.54) is 0 Å². The van der Waals surface area contributed by atoms with Crippen molar-refractivity contribution in [3.8, 4) is 5.75 Å². The van der Waals surface area contributed by atoms with Crippen molar-refractivity contribution in [1.82, 2.24) is 5.32 Å². The standard InChI is InChI=1S/C18H25NO4/c20-18(19-10-9-15-3-1-11-21-15)14-5-7-16(8-6-14)23-13-17-4-2-12-22-17/h5-8,15,17H,1-4,9-13H2,(H,19,20). The summed E-state index contributed by atoms with van der Waals surface area (Å²) in [5.74, 6) is 0.727. The highest BCUT2D eigenvalue weighted by atomic mass is 16.5. The van der Waals surface area contributed by atoms with Crippen LogP contribution in [-0.2, 0) is 9.47 Å². The zero-order valence-electron chi connectivity index (χ0n) is 13.5. The van der Waals surface area contributed by atoms with Crippen LogP contribution in [0.5, 0.6) is 5.75 Å². The first kappa shape index (κ1) is 16.3. The molecule has 23 heavy (non-hydrogen) atoms. The van der Waals surface area contributed by atoms with Crippen LogP contribution in [0.25, 0.3) is 0 Å². The molecule has 1 amide bonds. The highest BCUT2D eigenvalue weighted by Crippen LogP contribution is 2.17. The number of nitrogens with one attached hydrogen (secondary N) is 1. The van der Waals surface area contributed by atoms with E-state index in [9.17, 15) is 4.79 Å². The van der Waals surface area contributed by atoms with Gasteiger partial charge in [0.1, 0.15) is 12.4 Å². The third-order valence-electron chi connectivity index (χ3n) is 4.35. The fraction of sp³-hybridized carbons (Fsp3) is 0.611. The lowest BCUT2D eigenvalue weighted by Crippen LogP contribution is -2.27. The maximum Gasteiger partial charge on any atom is 0.251 e. The van der Waals surface area contributed by atoms with Gasteiger partial charge in [0.25, 0.3) is 5.91 Å². The molecule has 2 unspecified atom stereocenters. The molecule has 126 valence electrons.